The molecule has 1 heterocycles. The first-order valence-electron chi connectivity index (χ1n) is 7.16. The fourth-order valence-corrected chi connectivity index (χ4v) is 4.70. The lowest BCUT2D eigenvalue weighted by molar-refractivity contribution is 0.0690. The molecule has 0 amide bonds. The van der Waals surface area contributed by atoms with Gasteiger partial charge in [-0.25, -0.2) is 17.9 Å². The smallest absolute Gasteiger partial charge is 0.352 e. The van der Waals surface area contributed by atoms with Gasteiger partial charge in [-0.05, 0) is 32.1 Å². The van der Waals surface area contributed by atoms with Crippen LogP contribution in [0.4, 0.5) is 0 Å². The van der Waals surface area contributed by atoms with E-state index in [4.69, 9.17) is 5.11 Å². The first-order valence-corrected chi connectivity index (χ1v) is 8.64. The molecule has 0 aromatic carbocycles. The molecule has 0 aliphatic heterocycles. The molecular formula is C14H22N2O4S. The summed E-state index contributed by atoms with van der Waals surface area (Å²) in [5, 5.41) is 9.06. The highest BCUT2D eigenvalue weighted by atomic mass is 32.2. The first kappa shape index (κ1) is 16.0. The van der Waals surface area contributed by atoms with Crippen LogP contribution < -0.4 is 4.72 Å². The Kier molecular flexibility index (Phi) is 4.43. The van der Waals surface area contributed by atoms with Crippen LogP contribution in [-0.4, -0.2) is 31.0 Å². The molecule has 7 heteroatoms. The van der Waals surface area contributed by atoms with Crippen LogP contribution in [0.2, 0.25) is 0 Å². The Hall–Kier alpha value is -1.34. The van der Waals surface area contributed by atoms with Crippen LogP contribution in [0.1, 0.15) is 47.9 Å². The summed E-state index contributed by atoms with van der Waals surface area (Å²) in [6, 6.07) is 0. The lowest BCUT2D eigenvalue weighted by atomic mass is 9.99. The van der Waals surface area contributed by atoms with Gasteiger partial charge in [-0.2, -0.15) is 0 Å². The molecule has 2 atom stereocenters. The highest BCUT2D eigenvalue weighted by Gasteiger charge is 2.29. The molecule has 6 nitrogen and oxygen atoms in total. The SMILES string of the molecule is Cc1[nH]c(C(=O)O)c(C)c1S(=O)(=O)NCC1CCCC1C. The number of carbonyl (C=O) groups is 1. The number of hydrogen-bond acceptors (Lipinski definition) is 3. The fraction of sp³-hybridized carbons (Fsp3) is 0.643. The van der Waals surface area contributed by atoms with Crippen molar-refractivity contribution in [1.82, 2.24) is 9.71 Å². The average Bonchev–Trinajstić information content (AvgIpc) is 2.91. The molecule has 1 saturated carbocycles. The number of carboxylic acids is 1. The van der Waals surface area contributed by atoms with Gasteiger partial charge in [0.05, 0.1) is 0 Å². The molecule has 2 rings (SSSR count). The minimum atomic E-state index is -3.69. The molecule has 0 bridgehead atoms. The van der Waals surface area contributed by atoms with Gasteiger partial charge < -0.3 is 10.1 Å². The second kappa shape index (κ2) is 5.81. The van der Waals surface area contributed by atoms with Crippen molar-refractivity contribution in [3.8, 4) is 0 Å². The van der Waals surface area contributed by atoms with Crippen molar-refractivity contribution < 1.29 is 18.3 Å². The number of nitrogens with one attached hydrogen (secondary N) is 2. The number of H-pyrrole nitrogens is 1. The molecule has 1 fully saturated rings. The van der Waals surface area contributed by atoms with Gasteiger partial charge in [0.1, 0.15) is 10.6 Å². The van der Waals surface area contributed by atoms with E-state index in [1.165, 1.54) is 6.92 Å². The number of aromatic carboxylic acids is 1. The maximum Gasteiger partial charge on any atom is 0.352 e. The summed E-state index contributed by atoms with van der Waals surface area (Å²) in [5.74, 6) is -0.268. The predicted molar refractivity (Wildman–Crippen MR) is 78.9 cm³/mol. The zero-order valence-electron chi connectivity index (χ0n) is 12.6. The summed E-state index contributed by atoms with van der Waals surface area (Å²) in [6.07, 6.45) is 3.31. The molecule has 1 aromatic heterocycles. The maximum atomic E-state index is 12.4. The molecule has 1 aliphatic rings. The third kappa shape index (κ3) is 3.13. The number of aryl methyl sites for hydroxylation is 1. The maximum absolute atomic E-state index is 12.4. The highest BCUT2D eigenvalue weighted by Crippen LogP contribution is 2.31. The fourth-order valence-electron chi connectivity index (χ4n) is 3.16. The third-order valence-corrected chi connectivity index (χ3v) is 6.12. The minimum absolute atomic E-state index is 0.0607. The Morgan fingerprint density at radius 3 is 2.52 bits per heavy atom. The third-order valence-electron chi connectivity index (χ3n) is 4.43. The summed E-state index contributed by atoms with van der Waals surface area (Å²) >= 11 is 0. The quantitative estimate of drug-likeness (QED) is 0.774. The van der Waals surface area contributed by atoms with Gasteiger partial charge in [0.2, 0.25) is 10.0 Å². The van der Waals surface area contributed by atoms with E-state index in [0.29, 0.717) is 24.1 Å². The first-order chi connectivity index (χ1) is 9.74. The predicted octanol–water partition coefficient (Wildman–Crippen LogP) is 2.04. The van der Waals surface area contributed by atoms with E-state index in [0.717, 1.165) is 19.3 Å². The van der Waals surface area contributed by atoms with Crippen molar-refractivity contribution in [3.05, 3.63) is 17.0 Å². The number of carboxylic acid groups (broad SMARTS) is 1. The van der Waals surface area contributed by atoms with E-state index < -0.39 is 16.0 Å². The van der Waals surface area contributed by atoms with E-state index in [-0.39, 0.29) is 16.2 Å². The normalized spacial score (nSPS) is 22.6. The molecule has 0 radical (unpaired) electrons. The Bertz CT molecular complexity index is 648. The van der Waals surface area contributed by atoms with E-state index in [2.05, 4.69) is 16.6 Å². The lowest BCUT2D eigenvalue weighted by Crippen LogP contribution is -2.31. The summed E-state index contributed by atoms with van der Waals surface area (Å²) in [4.78, 5) is 13.8. The molecule has 0 saturated heterocycles. The van der Waals surface area contributed by atoms with E-state index >= 15 is 0 Å². The van der Waals surface area contributed by atoms with Gasteiger partial charge in [-0.15, -0.1) is 0 Å². The van der Waals surface area contributed by atoms with Crippen molar-refractivity contribution in [2.45, 2.75) is 44.9 Å². The molecule has 2 unspecified atom stereocenters. The Balaban J connectivity index is 2.22. The second-order valence-electron chi connectivity index (χ2n) is 5.90. The van der Waals surface area contributed by atoms with Gasteiger partial charge in [0.15, 0.2) is 0 Å². The number of aromatic amines is 1. The summed E-state index contributed by atoms with van der Waals surface area (Å²) < 4.78 is 27.5. The number of rotatable bonds is 5. The molecule has 3 N–H and O–H groups in total. The van der Waals surface area contributed by atoms with Crippen LogP contribution in [0.5, 0.6) is 0 Å². The number of aromatic nitrogens is 1. The van der Waals surface area contributed by atoms with Crippen molar-refractivity contribution in [3.63, 3.8) is 0 Å². The number of hydrogen-bond donors (Lipinski definition) is 3. The molecule has 21 heavy (non-hydrogen) atoms. The van der Waals surface area contributed by atoms with Gasteiger partial charge in [0, 0.05) is 17.8 Å². The van der Waals surface area contributed by atoms with Crippen molar-refractivity contribution >= 4 is 16.0 Å². The molecule has 118 valence electrons. The van der Waals surface area contributed by atoms with Crippen LogP contribution in [0, 0.1) is 25.7 Å². The second-order valence-corrected chi connectivity index (χ2v) is 7.61. The van der Waals surface area contributed by atoms with Crippen molar-refractivity contribution in [1.29, 1.82) is 0 Å². The van der Waals surface area contributed by atoms with E-state index in [1.54, 1.807) is 6.92 Å². The molecular weight excluding hydrogens is 292 g/mol. The zero-order valence-corrected chi connectivity index (χ0v) is 13.4. The summed E-state index contributed by atoms with van der Waals surface area (Å²) in [5.41, 5.74) is 0.547. The Morgan fingerprint density at radius 1 is 1.38 bits per heavy atom. The monoisotopic (exact) mass is 314 g/mol. The summed E-state index contributed by atoms with van der Waals surface area (Å²) in [6.45, 7) is 5.64. The van der Waals surface area contributed by atoms with Gasteiger partial charge in [0.25, 0.3) is 0 Å². The summed E-state index contributed by atoms with van der Waals surface area (Å²) in [7, 11) is -3.69. The largest absolute Gasteiger partial charge is 0.477 e. The van der Waals surface area contributed by atoms with Gasteiger partial charge in [-0.3, -0.25) is 0 Å². The zero-order chi connectivity index (χ0) is 15.8. The van der Waals surface area contributed by atoms with Crippen LogP contribution in [0.25, 0.3) is 0 Å². The van der Waals surface area contributed by atoms with Gasteiger partial charge in [-0.1, -0.05) is 19.8 Å². The van der Waals surface area contributed by atoms with Crippen molar-refractivity contribution in [2.75, 3.05) is 6.54 Å². The van der Waals surface area contributed by atoms with Crippen LogP contribution >= 0.6 is 0 Å². The minimum Gasteiger partial charge on any atom is -0.477 e. The lowest BCUT2D eigenvalue weighted by Gasteiger charge is -2.16. The van der Waals surface area contributed by atoms with Crippen molar-refractivity contribution in [2.24, 2.45) is 11.8 Å². The highest BCUT2D eigenvalue weighted by molar-refractivity contribution is 7.89. The van der Waals surface area contributed by atoms with Gasteiger partial charge >= 0.3 is 5.97 Å². The Morgan fingerprint density at radius 2 is 2.05 bits per heavy atom. The Labute approximate surface area is 125 Å². The molecule has 0 spiro atoms. The van der Waals surface area contributed by atoms with Crippen LogP contribution in [0.15, 0.2) is 4.90 Å². The van der Waals surface area contributed by atoms with Crippen LogP contribution in [0.3, 0.4) is 0 Å². The topological polar surface area (TPSA) is 99.3 Å². The van der Waals surface area contributed by atoms with E-state index in [1.807, 2.05) is 0 Å². The average molecular weight is 314 g/mol. The standard InChI is InChI=1S/C14H22N2O4S/c1-8-5-4-6-11(8)7-15-21(19,20)13-9(2)12(14(17)18)16-10(13)3/h8,11,15-16H,4-7H2,1-3H3,(H,17,18). The molecule has 1 aliphatic carbocycles. The molecule has 1 aromatic rings. The van der Waals surface area contributed by atoms with E-state index in [9.17, 15) is 13.2 Å². The number of sulfonamides is 1. The van der Waals surface area contributed by atoms with Crippen LogP contribution in [-0.2, 0) is 10.0 Å².